The Bertz CT molecular complexity index is 258. The first-order valence-electron chi connectivity index (χ1n) is 8.86. The molecule has 2 fully saturated rings. The van der Waals surface area contributed by atoms with Gasteiger partial charge in [0.2, 0.25) is 0 Å². The van der Waals surface area contributed by atoms with Gasteiger partial charge in [-0.15, -0.1) is 0 Å². The zero-order valence-corrected chi connectivity index (χ0v) is 13.8. The fraction of sp³-hybridized carbons (Fsp3) is 1.00. The smallest absolute Gasteiger partial charge is 0.0581 e. The molecule has 118 valence electrons. The van der Waals surface area contributed by atoms with Crippen LogP contribution in [0.2, 0.25) is 0 Å². The molecular weight excluding hydrogens is 248 g/mol. The van der Waals surface area contributed by atoms with E-state index in [2.05, 4.69) is 20.8 Å². The minimum absolute atomic E-state index is 0.520. The molecule has 0 radical (unpaired) electrons. The zero-order chi connectivity index (χ0) is 14.4. The first-order valence-corrected chi connectivity index (χ1v) is 8.86. The van der Waals surface area contributed by atoms with E-state index in [9.17, 15) is 0 Å². The van der Waals surface area contributed by atoms with Crippen LogP contribution in [0.15, 0.2) is 0 Å². The Kier molecular flexibility index (Phi) is 6.83. The topological polar surface area (TPSA) is 18.5 Å². The largest absolute Gasteiger partial charge is 0.381 e. The molecule has 0 aromatic rings. The predicted molar refractivity (Wildman–Crippen MR) is 83.9 cm³/mol. The van der Waals surface area contributed by atoms with Gasteiger partial charge in [0.1, 0.15) is 0 Å². The van der Waals surface area contributed by atoms with Gasteiger partial charge in [-0.05, 0) is 69.1 Å². The fourth-order valence-electron chi connectivity index (χ4n) is 3.96. The maximum atomic E-state index is 6.33. The van der Waals surface area contributed by atoms with Gasteiger partial charge in [-0.1, -0.05) is 20.8 Å². The molecule has 0 saturated carbocycles. The highest BCUT2D eigenvalue weighted by Crippen LogP contribution is 2.30. The third-order valence-electron chi connectivity index (χ3n) is 4.83. The van der Waals surface area contributed by atoms with E-state index in [1.165, 1.54) is 51.4 Å². The second-order valence-electron chi connectivity index (χ2n) is 7.60. The Morgan fingerprint density at radius 2 is 1.65 bits per heavy atom. The van der Waals surface area contributed by atoms with E-state index in [1.54, 1.807) is 0 Å². The van der Waals surface area contributed by atoms with Crippen LogP contribution in [0.25, 0.3) is 0 Å². The molecule has 0 aromatic carbocycles. The minimum atomic E-state index is 0.520. The van der Waals surface area contributed by atoms with Crippen LogP contribution in [-0.2, 0) is 9.47 Å². The molecule has 0 aliphatic carbocycles. The number of hydrogen-bond acceptors (Lipinski definition) is 2. The van der Waals surface area contributed by atoms with E-state index in [1.807, 2.05) is 0 Å². The van der Waals surface area contributed by atoms with E-state index in [-0.39, 0.29) is 0 Å². The summed E-state index contributed by atoms with van der Waals surface area (Å²) in [5, 5.41) is 0. The van der Waals surface area contributed by atoms with Gasteiger partial charge >= 0.3 is 0 Å². The van der Waals surface area contributed by atoms with Crippen molar-refractivity contribution in [2.24, 2.45) is 17.8 Å². The van der Waals surface area contributed by atoms with Crippen molar-refractivity contribution in [3.63, 3.8) is 0 Å². The van der Waals surface area contributed by atoms with Crippen LogP contribution in [0.1, 0.15) is 72.1 Å². The maximum absolute atomic E-state index is 6.33. The van der Waals surface area contributed by atoms with E-state index >= 15 is 0 Å². The quantitative estimate of drug-likeness (QED) is 0.696. The Morgan fingerprint density at radius 1 is 0.900 bits per heavy atom. The van der Waals surface area contributed by atoms with Crippen molar-refractivity contribution in [1.29, 1.82) is 0 Å². The lowest BCUT2D eigenvalue weighted by atomic mass is 9.86. The Morgan fingerprint density at radius 3 is 2.30 bits per heavy atom. The molecule has 2 heteroatoms. The van der Waals surface area contributed by atoms with Gasteiger partial charge in [-0.25, -0.2) is 0 Å². The summed E-state index contributed by atoms with van der Waals surface area (Å²) in [7, 11) is 0. The van der Waals surface area contributed by atoms with Crippen LogP contribution >= 0.6 is 0 Å². The highest BCUT2D eigenvalue weighted by molar-refractivity contribution is 4.75. The Balaban J connectivity index is 1.68. The van der Waals surface area contributed by atoms with E-state index in [4.69, 9.17) is 9.47 Å². The highest BCUT2D eigenvalue weighted by atomic mass is 16.5. The van der Waals surface area contributed by atoms with E-state index in [0.29, 0.717) is 12.2 Å². The van der Waals surface area contributed by atoms with Gasteiger partial charge in [0.15, 0.2) is 0 Å². The number of hydrogen-bond donors (Lipinski definition) is 0. The maximum Gasteiger partial charge on any atom is 0.0581 e. The van der Waals surface area contributed by atoms with Gasteiger partial charge in [-0.3, -0.25) is 0 Å². The molecule has 4 unspecified atom stereocenters. The molecule has 2 nitrogen and oxygen atoms in total. The molecule has 0 spiro atoms. The molecule has 0 N–H and O–H groups in total. The molecule has 2 aliphatic rings. The van der Waals surface area contributed by atoms with Crippen LogP contribution in [0.4, 0.5) is 0 Å². The summed E-state index contributed by atoms with van der Waals surface area (Å²) in [4.78, 5) is 0. The summed E-state index contributed by atoms with van der Waals surface area (Å²) in [6.45, 7) is 8.99. The van der Waals surface area contributed by atoms with Crippen molar-refractivity contribution in [3.05, 3.63) is 0 Å². The molecule has 2 heterocycles. The van der Waals surface area contributed by atoms with Gasteiger partial charge < -0.3 is 9.47 Å². The first kappa shape index (κ1) is 16.3. The van der Waals surface area contributed by atoms with Crippen molar-refractivity contribution >= 4 is 0 Å². The second kappa shape index (κ2) is 8.38. The van der Waals surface area contributed by atoms with Crippen LogP contribution in [0, 0.1) is 17.8 Å². The van der Waals surface area contributed by atoms with Gasteiger partial charge in [0.05, 0.1) is 12.2 Å². The summed E-state index contributed by atoms with van der Waals surface area (Å²) < 4.78 is 11.9. The number of rotatable bonds is 6. The standard InChI is InChI=1S/C18H34O2/c1-14(2)10-17-7-4-8-18(20-17)12-15(3)11-16-6-5-9-19-13-16/h14-18H,4-13H2,1-3H3. The zero-order valence-electron chi connectivity index (χ0n) is 13.8. The lowest BCUT2D eigenvalue weighted by molar-refractivity contribution is -0.0683. The number of ether oxygens (including phenoxy) is 2. The van der Waals surface area contributed by atoms with E-state index in [0.717, 1.165) is 31.0 Å². The van der Waals surface area contributed by atoms with Crippen molar-refractivity contribution in [3.8, 4) is 0 Å². The Hall–Kier alpha value is -0.0800. The lowest BCUT2D eigenvalue weighted by Gasteiger charge is -2.33. The monoisotopic (exact) mass is 282 g/mol. The summed E-state index contributed by atoms with van der Waals surface area (Å²) >= 11 is 0. The van der Waals surface area contributed by atoms with Crippen molar-refractivity contribution in [1.82, 2.24) is 0 Å². The summed E-state index contributed by atoms with van der Waals surface area (Å²) in [5.41, 5.74) is 0. The molecule has 2 saturated heterocycles. The molecule has 20 heavy (non-hydrogen) atoms. The molecule has 0 amide bonds. The van der Waals surface area contributed by atoms with Gasteiger partial charge in [-0.2, -0.15) is 0 Å². The third-order valence-corrected chi connectivity index (χ3v) is 4.83. The lowest BCUT2D eigenvalue weighted by Crippen LogP contribution is -2.30. The van der Waals surface area contributed by atoms with Crippen molar-refractivity contribution in [2.75, 3.05) is 13.2 Å². The molecule has 0 aromatic heterocycles. The summed E-state index contributed by atoms with van der Waals surface area (Å²) in [5.74, 6) is 2.34. The van der Waals surface area contributed by atoms with Crippen molar-refractivity contribution < 1.29 is 9.47 Å². The SMILES string of the molecule is CC(C)CC1CCCC(CC(C)CC2CCCOC2)O1. The average Bonchev–Trinajstić information content (AvgIpc) is 2.39. The van der Waals surface area contributed by atoms with Crippen LogP contribution in [-0.4, -0.2) is 25.4 Å². The molecular formula is C18H34O2. The van der Waals surface area contributed by atoms with Crippen LogP contribution in [0.5, 0.6) is 0 Å². The third kappa shape index (κ3) is 5.73. The predicted octanol–water partition coefficient (Wildman–Crippen LogP) is 4.81. The van der Waals surface area contributed by atoms with Crippen molar-refractivity contribution in [2.45, 2.75) is 84.3 Å². The summed E-state index contributed by atoms with van der Waals surface area (Å²) in [6.07, 6.45) is 11.4. The normalized spacial score (nSPS) is 33.3. The average molecular weight is 282 g/mol. The molecule has 2 aliphatic heterocycles. The fourth-order valence-corrected chi connectivity index (χ4v) is 3.96. The van der Waals surface area contributed by atoms with Crippen LogP contribution < -0.4 is 0 Å². The Labute approximate surface area is 125 Å². The minimum Gasteiger partial charge on any atom is -0.381 e. The first-order chi connectivity index (χ1) is 9.63. The molecule has 0 bridgehead atoms. The van der Waals surface area contributed by atoms with Crippen LogP contribution in [0.3, 0.4) is 0 Å². The molecule has 4 atom stereocenters. The van der Waals surface area contributed by atoms with Gasteiger partial charge in [0.25, 0.3) is 0 Å². The van der Waals surface area contributed by atoms with E-state index < -0.39 is 0 Å². The summed E-state index contributed by atoms with van der Waals surface area (Å²) in [6, 6.07) is 0. The van der Waals surface area contributed by atoms with Gasteiger partial charge in [0, 0.05) is 13.2 Å². The second-order valence-corrected chi connectivity index (χ2v) is 7.60. The highest BCUT2D eigenvalue weighted by Gasteiger charge is 2.25. The molecule has 2 rings (SSSR count).